The predicted molar refractivity (Wildman–Crippen MR) is 130 cm³/mol. The second kappa shape index (κ2) is 9.03. The van der Waals surface area contributed by atoms with Crippen molar-refractivity contribution in [2.75, 3.05) is 10.2 Å². The topological polar surface area (TPSA) is 62.3 Å². The molecule has 1 N–H and O–H groups in total. The number of ketones is 1. The number of nitrogens with zero attached hydrogens (tertiary/aromatic N) is 2. The summed E-state index contributed by atoms with van der Waals surface area (Å²) in [6.07, 6.45) is 4.20. The smallest absolute Gasteiger partial charge is 0.224 e. The fraction of sp³-hybridized carbons (Fsp3) is 0.222. The zero-order valence-corrected chi connectivity index (χ0v) is 19.3. The fourth-order valence-electron chi connectivity index (χ4n) is 4.95. The number of aromatic nitrogens is 1. The third-order valence-corrected chi connectivity index (χ3v) is 6.87. The number of benzene rings is 2. The number of anilines is 2. The van der Waals surface area contributed by atoms with Crippen LogP contribution in [0.1, 0.15) is 48.4 Å². The Morgan fingerprint density at radius 1 is 1.15 bits per heavy atom. The number of carbonyl (C=O) groups is 2. The van der Waals surface area contributed by atoms with E-state index in [4.69, 9.17) is 11.6 Å². The molecule has 1 amide bonds. The maximum atomic E-state index is 13.7. The predicted octanol–water partition coefficient (Wildman–Crippen LogP) is 6.13. The lowest BCUT2D eigenvalue weighted by Crippen LogP contribution is -2.37. The molecule has 0 radical (unpaired) electrons. The van der Waals surface area contributed by atoms with Crippen LogP contribution in [0.2, 0.25) is 5.02 Å². The third-order valence-electron chi connectivity index (χ3n) is 6.52. The Labute approximate surface area is 202 Å². The minimum Gasteiger partial charge on any atom is -0.357 e. The molecule has 2 heterocycles. The molecular formula is C27H23ClFN3O2. The number of fused-ring (bicyclic) bond motifs is 1. The number of rotatable bonds is 3. The summed E-state index contributed by atoms with van der Waals surface area (Å²) in [4.78, 5) is 32.6. The van der Waals surface area contributed by atoms with Crippen molar-refractivity contribution in [3.05, 3.63) is 100.0 Å². The molecular weight excluding hydrogens is 453 g/mol. The van der Waals surface area contributed by atoms with E-state index in [0.717, 1.165) is 22.5 Å². The summed E-state index contributed by atoms with van der Waals surface area (Å²) in [7, 11) is 0. The van der Waals surface area contributed by atoms with Gasteiger partial charge in [0.2, 0.25) is 5.91 Å². The molecule has 1 aromatic heterocycles. The number of Topliss-reactive ketones (excluding diaryl/α,β-unsaturated/α-hetero) is 1. The van der Waals surface area contributed by atoms with Gasteiger partial charge in [-0.25, -0.2) is 4.39 Å². The van der Waals surface area contributed by atoms with E-state index >= 15 is 0 Å². The van der Waals surface area contributed by atoms with Crippen molar-refractivity contribution in [2.24, 2.45) is 0 Å². The van der Waals surface area contributed by atoms with Crippen molar-refractivity contribution < 1.29 is 14.0 Å². The Morgan fingerprint density at radius 3 is 2.68 bits per heavy atom. The molecule has 3 aromatic rings. The molecule has 0 bridgehead atoms. The van der Waals surface area contributed by atoms with Gasteiger partial charge < -0.3 is 5.32 Å². The van der Waals surface area contributed by atoms with Gasteiger partial charge in [-0.1, -0.05) is 41.9 Å². The summed E-state index contributed by atoms with van der Waals surface area (Å²) in [6, 6.07) is 15.9. The molecule has 0 spiro atoms. The summed E-state index contributed by atoms with van der Waals surface area (Å²) in [5.74, 6) is -0.326. The van der Waals surface area contributed by atoms with Crippen LogP contribution in [0.3, 0.4) is 0 Å². The summed E-state index contributed by atoms with van der Waals surface area (Å²) in [5.41, 5.74) is 4.91. The standard InChI is InChI=1S/C27H23ClFN3O2/c1-16(33)32-24-7-3-2-6-22(24)31-23-12-20(17-8-9-18(14-29)21(28)11-17)13-25(34)26(23)27(32)19-5-4-10-30-15-19/h2-11,15,20,27,31H,12-14H2,1H3. The van der Waals surface area contributed by atoms with E-state index in [1.165, 1.54) is 6.92 Å². The van der Waals surface area contributed by atoms with Crippen LogP contribution in [0, 0.1) is 0 Å². The summed E-state index contributed by atoms with van der Waals surface area (Å²) in [5, 5.41) is 3.83. The van der Waals surface area contributed by atoms with Crippen LogP contribution in [0.15, 0.2) is 78.3 Å². The first-order chi connectivity index (χ1) is 16.5. The Balaban J connectivity index is 1.66. The van der Waals surface area contributed by atoms with Crippen LogP contribution in [-0.4, -0.2) is 16.7 Å². The number of para-hydroxylation sites is 2. The molecule has 1 aliphatic heterocycles. The van der Waals surface area contributed by atoms with Gasteiger partial charge in [-0.3, -0.25) is 19.5 Å². The number of nitrogens with one attached hydrogen (secondary N) is 1. The van der Waals surface area contributed by atoms with E-state index in [9.17, 15) is 14.0 Å². The minimum absolute atomic E-state index is 0.0441. The zero-order chi connectivity index (χ0) is 23.8. The summed E-state index contributed by atoms with van der Waals surface area (Å²) in [6.45, 7) is 0.875. The Hall–Kier alpha value is -3.51. The Morgan fingerprint density at radius 2 is 1.97 bits per heavy atom. The number of hydrogen-bond donors (Lipinski definition) is 1. The molecule has 2 atom stereocenters. The number of amides is 1. The number of carbonyl (C=O) groups excluding carboxylic acids is 2. The minimum atomic E-state index is -0.635. The molecule has 1 aliphatic carbocycles. The lowest BCUT2D eigenvalue weighted by molar-refractivity contribution is -0.117. The maximum absolute atomic E-state index is 13.7. The molecule has 0 saturated carbocycles. The van der Waals surface area contributed by atoms with Crippen LogP contribution >= 0.6 is 11.6 Å². The normalized spacial score (nSPS) is 19.7. The second-order valence-corrected chi connectivity index (χ2v) is 9.03. The number of alkyl halides is 1. The van der Waals surface area contributed by atoms with Gasteiger partial charge >= 0.3 is 0 Å². The van der Waals surface area contributed by atoms with Crippen molar-refractivity contribution >= 4 is 34.7 Å². The highest BCUT2D eigenvalue weighted by Crippen LogP contribution is 2.47. The molecule has 5 nitrogen and oxygen atoms in total. The number of pyridine rings is 1. The first-order valence-corrected chi connectivity index (χ1v) is 11.5. The van der Waals surface area contributed by atoms with Crippen molar-refractivity contribution in [1.29, 1.82) is 0 Å². The second-order valence-electron chi connectivity index (χ2n) is 8.63. The van der Waals surface area contributed by atoms with Gasteiger partial charge in [0.25, 0.3) is 0 Å². The number of hydrogen-bond acceptors (Lipinski definition) is 4. The number of halogens is 2. The van der Waals surface area contributed by atoms with Gasteiger partial charge in [0.05, 0.1) is 17.4 Å². The fourth-order valence-corrected chi connectivity index (χ4v) is 5.19. The van der Waals surface area contributed by atoms with Crippen molar-refractivity contribution in [3.63, 3.8) is 0 Å². The largest absolute Gasteiger partial charge is 0.357 e. The molecule has 5 rings (SSSR count). The highest BCUT2D eigenvalue weighted by molar-refractivity contribution is 6.31. The molecule has 34 heavy (non-hydrogen) atoms. The highest BCUT2D eigenvalue weighted by Gasteiger charge is 2.40. The van der Waals surface area contributed by atoms with E-state index in [1.54, 1.807) is 29.4 Å². The Kier molecular flexibility index (Phi) is 5.92. The van der Waals surface area contributed by atoms with E-state index < -0.39 is 12.7 Å². The van der Waals surface area contributed by atoms with E-state index in [2.05, 4.69) is 10.3 Å². The quantitative estimate of drug-likeness (QED) is 0.495. The van der Waals surface area contributed by atoms with Gasteiger partial charge in [0, 0.05) is 47.6 Å². The van der Waals surface area contributed by atoms with Crippen molar-refractivity contribution in [2.45, 2.75) is 38.4 Å². The average molecular weight is 476 g/mol. The first-order valence-electron chi connectivity index (χ1n) is 11.1. The lowest BCUT2D eigenvalue weighted by Gasteiger charge is -2.34. The average Bonchev–Trinajstić information content (AvgIpc) is 2.99. The molecule has 2 unspecified atom stereocenters. The third kappa shape index (κ3) is 3.88. The maximum Gasteiger partial charge on any atom is 0.224 e. The summed E-state index contributed by atoms with van der Waals surface area (Å²) < 4.78 is 13.1. The van der Waals surface area contributed by atoms with Crippen LogP contribution in [-0.2, 0) is 16.3 Å². The van der Waals surface area contributed by atoms with Crippen molar-refractivity contribution in [3.8, 4) is 0 Å². The van der Waals surface area contributed by atoms with Crippen molar-refractivity contribution in [1.82, 2.24) is 4.98 Å². The van der Waals surface area contributed by atoms with E-state index in [1.807, 2.05) is 42.5 Å². The zero-order valence-electron chi connectivity index (χ0n) is 18.6. The van der Waals surface area contributed by atoms with E-state index in [0.29, 0.717) is 28.3 Å². The molecule has 0 saturated heterocycles. The van der Waals surface area contributed by atoms with Gasteiger partial charge in [-0.15, -0.1) is 0 Å². The van der Waals surface area contributed by atoms with Gasteiger partial charge in [-0.05, 0) is 47.7 Å². The van der Waals surface area contributed by atoms with Crippen LogP contribution < -0.4 is 10.2 Å². The monoisotopic (exact) mass is 475 g/mol. The molecule has 172 valence electrons. The van der Waals surface area contributed by atoms with Crippen LogP contribution in [0.4, 0.5) is 15.8 Å². The number of allylic oxidation sites excluding steroid dienone is 1. The van der Waals surface area contributed by atoms with E-state index in [-0.39, 0.29) is 24.0 Å². The molecule has 7 heteroatoms. The van der Waals surface area contributed by atoms with Gasteiger partial charge in [0.15, 0.2) is 5.78 Å². The van der Waals surface area contributed by atoms with Crippen LogP contribution in [0.25, 0.3) is 0 Å². The summed E-state index contributed by atoms with van der Waals surface area (Å²) >= 11 is 6.27. The van der Waals surface area contributed by atoms with Crippen LogP contribution in [0.5, 0.6) is 0 Å². The van der Waals surface area contributed by atoms with Gasteiger partial charge in [-0.2, -0.15) is 0 Å². The first kappa shape index (κ1) is 22.3. The Bertz CT molecular complexity index is 1310. The molecule has 2 aliphatic rings. The molecule has 0 fully saturated rings. The highest BCUT2D eigenvalue weighted by atomic mass is 35.5. The van der Waals surface area contributed by atoms with Gasteiger partial charge in [0.1, 0.15) is 6.67 Å². The molecule has 2 aromatic carbocycles. The SMILES string of the molecule is CC(=O)N1c2ccccc2NC2=C(C(=O)CC(c3ccc(CF)c(Cl)c3)C2)C1c1cccnc1. The lowest BCUT2D eigenvalue weighted by atomic mass is 9.78.